The molecule has 3 aromatic carbocycles. The van der Waals surface area contributed by atoms with Crippen LogP contribution in [0.4, 0.5) is 10.8 Å². The quantitative estimate of drug-likeness (QED) is 0.572. The van der Waals surface area contributed by atoms with E-state index in [0.717, 1.165) is 10.2 Å². The van der Waals surface area contributed by atoms with Gasteiger partial charge < -0.3 is 4.90 Å². The third kappa shape index (κ3) is 2.34. The molecule has 0 unspecified atom stereocenters. The zero-order valence-electron chi connectivity index (χ0n) is 14.1. The number of aromatic nitrogens is 1. The van der Waals surface area contributed by atoms with Crippen LogP contribution in [0, 0.1) is 0 Å². The summed E-state index contributed by atoms with van der Waals surface area (Å²) in [6.45, 7) is 0. The first-order chi connectivity index (χ1) is 13.0. The van der Waals surface area contributed by atoms with Gasteiger partial charge in [-0.2, -0.15) is 0 Å². The molecule has 4 aromatic rings. The summed E-state index contributed by atoms with van der Waals surface area (Å²) in [6, 6.07) is 15.8. The summed E-state index contributed by atoms with van der Waals surface area (Å²) in [6.07, 6.45) is 0. The van der Waals surface area contributed by atoms with Crippen LogP contribution in [-0.2, 0) is 10.0 Å². The number of benzene rings is 3. The van der Waals surface area contributed by atoms with Gasteiger partial charge in [0.2, 0.25) is 0 Å². The Balaban J connectivity index is 1.66. The van der Waals surface area contributed by atoms with Gasteiger partial charge in [-0.1, -0.05) is 35.6 Å². The van der Waals surface area contributed by atoms with E-state index in [1.54, 1.807) is 31.3 Å². The van der Waals surface area contributed by atoms with Crippen LogP contribution in [0.3, 0.4) is 0 Å². The molecule has 1 amide bonds. The average Bonchev–Trinajstić information content (AvgIpc) is 3.16. The number of amides is 1. The minimum atomic E-state index is -3.86. The Labute approximate surface area is 159 Å². The van der Waals surface area contributed by atoms with E-state index in [1.165, 1.54) is 22.3 Å². The maximum Gasteiger partial charge on any atom is 0.264 e. The molecule has 8 heteroatoms. The molecule has 2 heterocycles. The van der Waals surface area contributed by atoms with E-state index in [0.29, 0.717) is 27.2 Å². The third-order valence-electron chi connectivity index (χ3n) is 4.68. The van der Waals surface area contributed by atoms with Crippen molar-refractivity contribution in [3.8, 4) is 0 Å². The van der Waals surface area contributed by atoms with Crippen molar-refractivity contribution in [1.29, 1.82) is 0 Å². The van der Waals surface area contributed by atoms with E-state index in [2.05, 4.69) is 9.71 Å². The highest BCUT2D eigenvalue weighted by Crippen LogP contribution is 2.39. The Morgan fingerprint density at radius 3 is 2.67 bits per heavy atom. The molecule has 1 aromatic heterocycles. The number of nitrogens with one attached hydrogen (secondary N) is 1. The SMILES string of the molecule is CN1C(=O)c2cccc3c(S(=O)(=O)Nc4nc5ccccc5s4)ccc1c23. The summed E-state index contributed by atoms with van der Waals surface area (Å²) in [5.74, 6) is -0.135. The number of carbonyl (C=O) groups excluding carboxylic acids is 1. The summed E-state index contributed by atoms with van der Waals surface area (Å²) in [7, 11) is -2.18. The van der Waals surface area contributed by atoms with Crippen LogP contribution in [-0.4, -0.2) is 26.4 Å². The lowest BCUT2D eigenvalue weighted by Crippen LogP contribution is -2.20. The average molecular weight is 395 g/mol. The summed E-state index contributed by atoms with van der Waals surface area (Å²) < 4.78 is 29.6. The second-order valence-corrected chi connectivity index (χ2v) is 8.95. The zero-order chi connectivity index (χ0) is 18.8. The maximum absolute atomic E-state index is 13.1. The van der Waals surface area contributed by atoms with Gasteiger partial charge >= 0.3 is 0 Å². The lowest BCUT2D eigenvalue weighted by atomic mass is 10.1. The molecule has 0 aliphatic carbocycles. The molecule has 0 fully saturated rings. The van der Waals surface area contributed by atoms with Crippen molar-refractivity contribution in [1.82, 2.24) is 4.98 Å². The number of fused-ring (bicyclic) bond motifs is 1. The number of carbonyl (C=O) groups is 1. The fourth-order valence-corrected chi connectivity index (χ4v) is 5.73. The van der Waals surface area contributed by atoms with Crippen LogP contribution >= 0.6 is 11.3 Å². The number of hydrogen-bond acceptors (Lipinski definition) is 5. The minimum Gasteiger partial charge on any atom is -0.311 e. The van der Waals surface area contributed by atoms with E-state index >= 15 is 0 Å². The highest BCUT2D eigenvalue weighted by molar-refractivity contribution is 7.93. The van der Waals surface area contributed by atoms with Crippen LogP contribution in [0.2, 0.25) is 0 Å². The Kier molecular flexibility index (Phi) is 3.31. The van der Waals surface area contributed by atoms with Crippen LogP contribution in [0.15, 0.2) is 59.5 Å². The van der Waals surface area contributed by atoms with Gasteiger partial charge in [-0.3, -0.25) is 9.52 Å². The summed E-state index contributed by atoms with van der Waals surface area (Å²) in [5, 5.41) is 1.50. The van der Waals surface area contributed by atoms with Crippen LogP contribution in [0.5, 0.6) is 0 Å². The fourth-order valence-electron chi connectivity index (χ4n) is 3.43. The van der Waals surface area contributed by atoms with Gasteiger partial charge in [-0.25, -0.2) is 13.4 Å². The van der Waals surface area contributed by atoms with Crippen molar-refractivity contribution in [3.05, 3.63) is 60.2 Å². The first kappa shape index (κ1) is 16.2. The predicted molar refractivity (Wildman–Crippen MR) is 107 cm³/mol. The van der Waals surface area contributed by atoms with Gasteiger partial charge in [-0.05, 0) is 30.3 Å². The molecule has 0 atom stereocenters. The molecule has 1 N–H and O–H groups in total. The molecule has 0 radical (unpaired) electrons. The van der Waals surface area contributed by atoms with Gasteiger partial charge in [0.15, 0.2) is 5.13 Å². The van der Waals surface area contributed by atoms with Crippen LogP contribution in [0.1, 0.15) is 10.4 Å². The number of rotatable bonds is 3. The Morgan fingerprint density at radius 2 is 1.85 bits per heavy atom. The number of nitrogens with zero attached hydrogens (tertiary/aromatic N) is 2. The molecule has 0 spiro atoms. The van der Waals surface area contributed by atoms with Gasteiger partial charge in [0.25, 0.3) is 15.9 Å². The van der Waals surface area contributed by atoms with Crippen molar-refractivity contribution in [2.45, 2.75) is 4.90 Å². The molecule has 1 aliphatic rings. The van der Waals surface area contributed by atoms with Crippen LogP contribution in [0.25, 0.3) is 21.0 Å². The van der Waals surface area contributed by atoms with Crippen molar-refractivity contribution < 1.29 is 13.2 Å². The summed E-state index contributed by atoms with van der Waals surface area (Å²) >= 11 is 1.28. The van der Waals surface area contributed by atoms with E-state index in [9.17, 15) is 13.2 Å². The Bertz CT molecular complexity index is 1330. The van der Waals surface area contributed by atoms with Crippen molar-refractivity contribution in [2.75, 3.05) is 16.7 Å². The van der Waals surface area contributed by atoms with Crippen molar-refractivity contribution in [3.63, 3.8) is 0 Å². The first-order valence-corrected chi connectivity index (χ1v) is 10.5. The molecule has 0 saturated carbocycles. The normalized spacial score (nSPS) is 13.7. The van der Waals surface area contributed by atoms with E-state index in [1.807, 2.05) is 24.3 Å². The second-order valence-electron chi connectivity index (χ2n) is 6.27. The van der Waals surface area contributed by atoms with Gasteiger partial charge in [-0.15, -0.1) is 0 Å². The van der Waals surface area contributed by atoms with E-state index < -0.39 is 10.0 Å². The summed E-state index contributed by atoms with van der Waals surface area (Å²) in [4.78, 5) is 18.4. The minimum absolute atomic E-state index is 0.130. The van der Waals surface area contributed by atoms with E-state index in [4.69, 9.17) is 0 Å². The molecular weight excluding hydrogens is 382 g/mol. The summed E-state index contributed by atoms with van der Waals surface area (Å²) in [5.41, 5.74) is 1.97. The lowest BCUT2D eigenvalue weighted by Gasteiger charge is -2.12. The topological polar surface area (TPSA) is 79.4 Å². The van der Waals surface area contributed by atoms with Gasteiger partial charge in [0.05, 0.1) is 20.8 Å². The van der Waals surface area contributed by atoms with Crippen LogP contribution < -0.4 is 9.62 Å². The molecule has 134 valence electrons. The number of para-hydroxylation sites is 1. The molecule has 0 bridgehead atoms. The smallest absolute Gasteiger partial charge is 0.264 e. The molecule has 6 nitrogen and oxygen atoms in total. The Hall–Kier alpha value is -2.97. The lowest BCUT2D eigenvalue weighted by molar-refractivity contribution is 0.0999. The molecule has 5 rings (SSSR count). The molecule has 27 heavy (non-hydrogen) atoms. The second kappa shape index (κ2) is 5.51. The number of sulfonamides is 1. The van der Waals surface area contributed by atoms with Crippen molar-refractivity contribution in [2.24, 2.45) is 0 Å². The standard InChI is InChI=1S/C19H13N3O3S2/c1-22-14-9-10-16(11-5-4-6-12(17(11)14)18(22)23)27(24,25)21-19-20-13-7-2-3-8-15(13)26-19/h2-10H,1H3,(H,20,21). The molecular formula is C19H13N3O3S2. The predicted octanol–water partition coefficient (Wildman–Crippen LogP) is 3.84. The largest absolute Gasteiger partial charge is 0.311 e. The maximum atomic E-state index is 13.1. The Morgan fingerprint density at radius 1 is 1.04 bits per heavy atom. The first-order valence-electron chi connectivity index (χ1n) is 8.18. The fraction of sp³-hybridized carbons (Fsp3) is 0.0526. The van der Waals surface area contributed by atoms with E-state index in [-0.39, 0.29) is 10.8 Å². The van der Waals surface area contributed by atoms with Gasteiger partial charge in [0.1, 0.15) is 0 Å². The number of anilines is 2. The third-order valence-corrected chi connectivity index (χ3v) is 7.16. The number of hydrogen-bond donors (Lipinski definition) is 1. The number of thiazole rings is 1. The highest BCUT2D eigenvalue weighted by Gasteiger charge is 2.30. The van der Waals surface area contributed by atoms with Crippen molar-refractivity contribution >= 4 is 59.1 Å². The van der Waals surface area contributed by atoms with Gasteiger partial charge in [0, 0.05) is 23.4 Å². The monoisotopic (exact) mass is 395 g/mol. The highest BCUT2D eigenvalue weighted by atomic mass is 32.2. The molecule has 0 saturated heterocycles. The zero-order valence-corrected chi connectivity index (χ0v) is 15.8. The molecule has 1 aliphatic heterocycles.